The van der Waals surface area contributed by atoms with Crippen molar-refractivity contribution in [3.05, 3.63) is 64.7 Å². The standard InChI is InChI=1S/C35H50N2O4S.BrH/c1-4-5-6-7-8-9-10-11-12-13-14-17-23-40-35-31(29(3)38)20-18-22-33(35)41-25-34(39)36-32-21-16-15-19-30(32)24-37-27-42-26-28(37)2;/h15-16,18-22,26H,4-14,17,23-25,27H2,1-3H3,(H,36,39);1H. The number of ether oxygens (including phenoxy) is 2. The summed E-state index contributed by atoms with van der Waals surface area (Å²) in [6.07, 6.45) is 15.3. The fourth-order valence-corrected chi connectivity index (χ4v) is 6.02. The van der Waals surface area contributed by atoms with Crippen LogP contribution in [0.4, 0.5) is 5.69 Å². The van der Waals surface area contributed by atoms with Gasteiger partial charge >= 0.3 is 0 Å². The number of unbranched alkanes of at least 4 members (excludes halogenated alkanes) is 11. The Hall–Kier alpha value is -2.45. The minimum atomic E-state index is -0.259. The van der Waals surface area contributed by atoms with Crippen LogP contribution in [0.15, 0.2) is 53.6 Å². The Labute approximate surface area is 274 Å². The lowest BCUT2D eigenvalue weighted by molar-refractivity contribution is -0.118. The number of halogens is 1. The zero-order valence-corrected chi connectivity index (χ0v) is 28.9. The summed E-state index contributed by atoms with van der Waals surface area (Å²) < 4.78 is 12.0. The molecule has 43 heavy (non-hydrogen) atoms. The summed E-state index contributed by atoms with van der Waals surface area (Å²) in [6.45, 7) is 6.95. The smallest absolute Gasteiger partial charge is 0.262 e. The third-order valence-corrected chi connectivity index (χ3v) is 8.57. The van der Waals surface area contributed by atoms with Crippen molar-refractivity contribution < 1.29 is 19.1 Å². The van der Waals surface area contributed by atoms with Crippen LogP contribution < -0.4 is 14.8 Å². The van der Waals surface area contributed by atoms with E-state index >= 15 is 0 Å². The predicted molar refractivity (Wildman–Crippen MR) is 186 cm³/mol. The summed E-state index contributed by atoms with van der Waals surface area (Å²) >= 11 is 1.78. The predicted octanol–water partition coefficient (Wildman–Crippen LogP) is 9.93. The van der Waals surface area contributed by atoms with Gasteiger partial charge in [0.15, 0.2) is 23.9 Å². The monoisotopic (exact) mass is 674 g/mol. The quantitative estimate of drug-likeness (QED) is 0.105. The fraction of sp³-hybridized carbons (Fsp3) is 0.543. The van der Waals surface area contributed by atoms with E-state index in [9.17, 15) is 9.59 Å². The largest absolute Gasteiger partial charge is 0.489 e. The average Bonchev–Trinajstić information content (AvgIpc) is 3.39. The zero-order valence-electron chi connectivity index (χ0n) is 26.3. The Morgan fingerprint density at radius 1 is 0.860 bits per heavy atom. The molecule has 1 amide bonds. The van der Waals surface area contributed by atoms with Crippen molar-refractivity contribution in [1.82, 2.24) is 4.90 Å². The number of ketones is 1. The first-order valence-electron chi connectivity index (χ1n) is 15.8. The Kier molecular flexibility index (Phi) is 18.2. The summed E-state index contributed by atoms with van der Waals surface area (Å²) in [5, 5.41) is 5.15. The van der Waals surface area contributed by atoms with E-state index in [-0.39, 0.29) is 35.3 Å². The molecule has 0 atom stereocenters. The Morgan fingerprint density at radius 3 is 2.14 bits per heavy atom. The molecule has 6 nitrogen and oxygen atoms in total. The molecule has 1 N–H and O–H groups in total. The lowest BCUT2D eigenvalue weighted by Crippen LogP contribution is -2.23. The number of amides is 1. The number of benzene rings is 2. The number of nitrogens with zero attached hydrogens (tertiary/aromatic N) is 1. The van der Waals surface area contributed by atoms with Gasteiger partial charge in [-0.1, -0.05) is 102 Å². The van der Waals surface area contributed by atoms with Gasteiger partial charge in [-0.2, -0.15) is 0 Å². The maximum atomic E-state index is 12.9. The second-order valence-corrected chi connectivity index (χ2v) is 12.0. The highest BCUT2D eigenvalue weighted by atomic mass is 79.9. The lowest BCUT2D eigenvalue weighted by atomic mass is 10.1. The van der Waals surface area contributed by atoms with Crippen LogP contribution in [-0.4, -0.2) is 35.7 Å². The zero-order chi connectivity index (χ0) is 30.0. The molecule has 1 aliphatic rings. The van der Waals surface area contributed by atoms with Gasteiger partial charge < -0.3 is 19.7 Å². The molecule has 0 spiro atoms. The van der Waals surface area contributed by atoms with Crippen LogP contribution >= 0.6 is 28.7 Å². The van der Waals surface area contributed by atoms with Gasteiger partial charge in [0.2, 0.25) is 0 Å². The summed E-state index contributed by atoms with van der Waals surface area (Å²) in [7, 11) is 0. The van der Waals surface area contributed by atoms with Crippen LogP contribution in [0, 0.1) is 0 Å². The van der Waals surface area contributed by atoms with Gasteiger partial charge in [-0.3, -0.25) is 9.59 Å². The lowest BCUT2D eigenvalue weighted by Gasteiger charge is -2.21. The minimum Gasteiger partial charge on any atom is -0.489 e. The first kappa shape index (κ1) is 36.7. The number of Topliss-reactive ketones (excluding diaryl/α,β-unsaturated/α-hetero) is 1. The van der Waals surface area contributed by atoms with Crippen LogP contribution in [0.2, 0.25) is 0 Å². The number of carbonyl (C=O) groups excluding carboxylic acids is 2. The number of para-hydroxylation sites is 2. The first-order valence-corrected chi connectivity index (χ1v) is 16.8. The molecule has 0 saturated heterocycles. The molecular formula is C35H51BrN2O4S. The van der Waals surface area contributed by atoms with E-state index < -0.39 is 0 Å². The van der Waals surface area contributed by atoms with E-state index in [2.05, 4.69) is 29.5 Å². The van der Waals surface area contributed by atoms with Crippen LogP contribution in [0.3, 0.4) is 0 Å². The summed E-state index contributed by atoms with van der Waals surface area (Å²) in [5.41, 5.74) is 3.53. The van der Waals surface area contributed by atoms with E-state index in [0.717, 1.165) is 36.5 Å². The molecule has 0 fully saturated rings. The number of hydrogen-bond donors (Lipinski definition) is 1. The summed E-state index contributed by atoms with van der Waals surface area (Å²) in [4.78, 5) is 27.5. The van der Waals surface area contributed by atoms with Gasteiger partial charge in [0, 0.05) is 17.9 Å². The van der Waals surface area contributed by atoms with Gasteiger partial charge in [-0.25, -0.2) is 0 Å². The third-order valence-electron chi connectivity index (χ3n) is 7.60. The number of anilines is 1. The molecule has 2 aromatic rings. The Bertz CT molecular complexity index is 1160. The minimum absolute atomic E-state index is 0. The first-order chi connectivity index (χ1) is 20.5. The molecule has 238 valence electrons. The van der Waals surface area contributed by atoms with Crippen molar-refractivity contribution in [3.8, 4) is 11.5 Å². The molecule has 0 radical (unpaired) electrons. The van der Waals surface area contributed by atoms with Crippen molar-refractivity contribution in [2.75, 3.05) is 24.4 Å². The normalized spacial score (nSPS) is 12.4. The molecule has 1 heterocycles. The molecule has 1 aliphatic heterocycles. The Morgan fingerprint density at radius 2 is 1.51 bits per heavy atom. The number of hydrogen-bond acceptors (Lipinski definition) is 6. The summed E-state index contributed by atoms with van der Waals surface area (Å²) in [5.74, 6) is 1.40. The molecular weight excluding hydrogens is 624 g/mol. The van der Waals surface area contributed by atoms with E-state index in [4.69, 9.17) is 9.47 Å². The van der Waals surface area contributed by atoms with E-state index in [1.165, 1.54) is 76.8 Å². The fourth-order valence-electron chi connectivity index (χ4n) is 5.08. The molecule has 3 rings (SSSR count). The van der Waals surface area contributed by atoms with E-state index in [1.807, 2.05) is 24.3 Å². The van der Waals surface area contributed by atoms with E-state index in [0.29, 0.717) is 23.7 Å². The molecule has 0 bridgehead atoms. The molecule has 0 unspecified atom stereocenters. The third kappa shape index (κ3) is 13.4. The maximum absolute atomic E-state index is 12.9. The van der Waals surface area contributed by atoms with Crippen molar-refractivity contribution in [2.24, 2.45) is 0 Å². The molecule has 0 aliphatic carbocycles. The topological polar surface area (TPSA) is 67.9 Å². The van der Waals surface area contributed by atoms with Crippen LogP contribution in [0.1, 0.15) is 114 Å². The van der Waals surface area contributed by atoms with E-state index in [1.54, 1.807) is 30.0 Å². The second kappa shape index (κ2) is 21.3. The number of allylic oxidation sites excluding steroid dienone is 1. The van der Waals surface area contributed by atoms with Crippen molar-refractivity contribution in [2.45, 2.75) is 104 Å². The Balaban J connectivity index is 0.00000645. The van der Waals surface area contributed by atoms with Crippen molar-refractivity contribution in [1.29, 1.82) is 0 Å². The van der Waals surface area contributed by atoms with Crippen LogP contribution in [0.25, 0.3) is 0 Å². The molecule has 8 heteroatoms. The average molecular weight is 676 g/mol. The van der Waals surface area contributed by atoms with Crippen molar-refractivity contribution in [3.63, 3.8) is 0 Å². The van der Waals surface area contributed by atoms with Crippen molar-refractivity contribution >= 4 is 46.1 Å². The highest BCUT2D eigenvalue weighted by molar-refractivity contribution is 8.93. The van der Waals surface area contributed by atoms with Crippen LogP contribution in [0.5, 0.6) is 11.5 Å². The highest BCUT2D eigenvalue weighted by Crippen LogP contribution is 2.32. The van der Waals surface area contributed by atoms with Gasteiger partial charge in [-0.15, -0.1) is 28.7 Å². The van der Waals surface area contributed by atoms with Gasteiger partial charge in [0.1, 0.15) is 0 Å². The maximum Gasteiger partial charge on any atom is 0.262 e. The molecule has 0 saturated carbocycles. The number of carbonyl (C=O) groups is 2. The highest BCUT2D eigenvalue weighted by Gasteiger charge is 2.17. The van der Waals surface area contributed by atoms with Crippen LogP contribution in [-0.2, 0) is 11.3 Å². The number of thioether (sulfide) groups is 1. The molecule has 0 aromatic heterocycles. The SMILES string of the molecule is Br.CCCCCCCCCCCCCCOc1c(OCC(=O)Nc2ccccc2CN2CSC=C2C)cccc1C(C)=O. The summed E-state index contributed by atoms with van der Waals surface area (Å²) in [6, 6.07) is 13.1. The number of rotatable bonds is 21. The second-order valence-electron chi connectivity index (χ2n) is 11.2. The van der Waals surface area contributed by atoms with Gasteiger partial charge in [0.05, 0.1) is 18.0 Å². The van der Waals surface area contributed by atoms with Gasteiger partial charge in [0.25, 0.3) is 5.91 Å². The molecule has 2 aromatic carbocycles. The number of nitrogens with one attached hydrogen (secondary N) is 1. The van der Waals surface area contributed by atoms with Gasteiger partial charge in [-0.05, 0) is 49.4 Å².